The Morgan fingerprint density at radius 3 is 2.92 bits per heavy atom. The van der Waals surface area contributed by atoms with Crippen molar-refractivity contribution in [3.05, 3.63) is 60.3 Å². The summed E-state index contributed by atoms with van der Waals surface area (Å²) in [6.45, 7) is 0.450. The summed E-state index contributed by atoms with van der Waals surface area (Å²) in [5, 5.41) is 8.30. The van der Waals surface area contributed by atoms with Crippen LogP contribution in [0.15, 0.2) is 48.7 Å². The third kappa shape index (κ3) is 2.55. The summed E-state index contributed by atoms with van der Waals surface area (Å²) >= 11 is 1.38. The van der Waals surface area contributed by atoms with Gasteiger partial charge in [-0.05, 0) is 18.2 Å². The number of thiazole rings is 1. The van der Waals surface area contributed by atoms with E-state index in [1.807, 2.05) is 22.7 Å². The summed E-state index contributed by atoms with van der Waals surface area (Å²) < 4.78 is 32.2. The largest absolute Gasteiger partial charge is 0.485 e. The number of nitrogens with zero attached hydrogens (tertiary/aromatic N) is 3. The Morgan fingerprint density at radius 2 is 2.00 bits per heavy atom. The lowest BCUT2D eigenvalue weighted by molar-refractivity contribution is 0.173. The third-order valence-corrected chi connectivity index (χ3v) is 5.04. The van der Waals surface area contributed by atoms with Crippen LogP contribution >= 0.6 is 11.3 Å². The number of hydrogen-bond donors (Lipinski definition) is 0. The highest BCUT2D eigenvalue weighted by Gasteiger charge is 2.16. The minimum Gasteiger partial charge on any atom is -0.485 e. The Balaban J connectivity index is 1.40. The minimum absolute atomic E-state index is 0.220. The van der Waals surface area contributed by atoms with Crippen LogP contribution in [0.5, 0.6) is 17.2 Å². The smallest absolute Gasteiger partial charge is 0.231 e. The van der Waals surface area contributed by atoms with Crippen molar-refractivity contribution in [3.63, 3.8) is 0 Å². The Kier molecular flexibility index (Phi) is 3.49. The molecular weight excluding hydrogens is 357 g/mol. The molecule has 0 saturated heterocycles. The van der Waals surface area contributed by atoms with Crippen molar-refractivity contribution in [3.8, 4) is 27.7 Å². The van der Waals surface area contributed by atoms with E-state index in [1.54, 1.807) is 24.3 Å². The van der Waals surface area contributed by atoms with Crippen molar-refractivity contribution < 1.29 is 18.6 Å². The zero-order valence-electron chi connectivity index (χ0n) is 13.4. The molecule has 0 amide bonds. The van der Waals surface area contributed by atoms with Gasteiger partial charge in [0.25, 0.3) is 0 Å². The van der Waals surface area contributed by atoms with Crippen LogP contribution in [-0.2, 0) is 6.61 Å². The summed E-state index contributed by atoms with van der Waals surface area (Å²) in [5.41, 5.74) is 0.547. The molecule has 0 saturated carbocycles. The number of aromatic nitrogens is 3. The van der Waals surface area contributed by atoms with Gasteiger partial charge in [-0.2, -0.15) is 0 Å². The minimum atomic E-state index is -0.261. The topological polar surface area (TPSA) is 57.9 Å². The van der Waals surface area contributed by atoms with Crippen LogP contribution in [0.4, 0.5) is 4.39 Å². The Labute approximate surface area is 151 Å². The number of rotatable bonds is 4. The Hall–Kier alpha value is -3.13. The van der Waals surface area contributed by atoms with Crippen molar-refractivity contribution in [1.29, 1.82) is 0 Å². The second-order valence-electron chi connectivity index (χ2n) is 5.65. The summed E-state index contributed by atoms with van der Waals surface area (Å²) in [5.74, 6) is 2.39. The first kappa shape index (κ1) is 15.2. The standard InChI is InChI=1S/C18H12FN3O3S/c19-13-4-2-1-3-12(13)16-8-22-17(20-21-18(22)26-16)9-23-11-5-6-14-15(7-11)25-10-24-14/h1-8H,9-10H2. The van der Waals surface area contributed by atoms with E-state index in [2.05, 4.69) is 10.2 Å². The van der Waals surface area contributed by atoms with Crippen LogP contribution in [0.2, 0.25) is 0 Å². The highest BCUT2D eigenvalue weighted by atomic mass is 32.1. The van der Waals surface area contributed by atoms with Crippen molar-refractivity contribution in [2.75, 3.05) is 6.79 Å². The molecule has 0 aliphatic carbocycles. The molecule has 2 aromatic heterocycles. The first-order chi connectivity index (χ1) is 12.8. The van der Waals surface area contributed by atoms with Gasteiger partial charge in [0.1, 0.15) is 18.2 Å². The number of halogens is 1. The summed E-state index contributed by atoms with van der Waals surface area (Å²) in [6, 6.07) is 12.1. The quantitative estimate of drug-likeness (QED) is 0.546. The molecule has 6 nitrogen and oxygen atoms in total. The van der Waals surface area contributed by atoms with Crippen LogP contribution in [0.25, 0.3) is 15.4 Å². The number of fused-ring (bicyclic) bond motifs is 2. The average molecular weight is 369 g/mol. The van der Waals surface area contributed by atoms with Gasteiger partial charge in [-0.3, -0.25) is 4.40 Å². The predicted octanol–water partition coefficient (Wildman–Crippen LogP) is 3.90. The lowest BCUT2D eigenvalue weighted by Crippen LogP contribution is -2.00. The van der Waals surface area contributed by atoms with Crippen LogP contribution in [0.3, 0.4) is 0 Å². The maximum Gasteiger partial charge on any atom is 0.231 e. The fraction of sp³-hybridized carbons (Fsp3) is 0.111. The number of ether oxygens (including phenoxy) is 3. The normalized spacial score (nSPS) is 12.7. The molecule has 0 fully saturated rings. The maximum atomic E-state index is 14.0. The lowest BCUT2D eigenvalue weighted by Gasteiger charge is -2.05. The van der Waals surface area contributed by atoms with E-state index < -0.39 is 0 Å². The van der Waals surface area contributed by atoms with Gasteiger partial charge >= 0.3 is 0 Å². The van der Waals surface area contributed by atoms with Crippen molar-refractivity contribution in [2.45, 2.75) is 6.61 Å². The number of benzene rings is 2. The van der Waals surface area contributed by atoms with Gasteiger partial charge in [0, 0.05) is 17.8 Å². The van der Waals surface area contributed by atoms with Gasteiger partial charge in [0.2, 0.25) is 11.8 Å². The molecule has 0 N–H and O–H groups in total. The van der Waals surface area contributed by atoms with Crippen molar-refractivity contribution >= 4 is 16.3 Å². The maximum absolute atomic E-state index is 14.0. The monoisotopic (exact) mass is 369 g/mol. The molecule has 3 heterocycles. The molecular formula is C18H12FN3O3S. The molecule has 5 rings (SSSR count). The second kappa shape index (κ2) is 5.99. The summed E-state index contributed by atoms with van der Waals surface area (Å²) in [6.07, 6.45) is 1.83. The van der Waals surface area contributed by atoms with Gasteiger partial charge < -0.3 is 14.2 Å². The highest BCUT2D eigenvalue weighted by molar-refractivity contribution is 7.20. The van der Waals surface area contributed by atoms with Crippen LogP contribution in [-0.4, -0.2) is 21.4 Å². The zero-order chi connectivity index (χ0) is 17.5. The average Bonchev–Trinajstić information content (AvgIpc) is 3.36. The Bertz CT molecular complexity index is 1110. The molecule has 2 aromatic carbocycles. The molecule has 1 aliphatic heterocycles. The molecule has 130 valence electrons. The zero-order valence-corrected chi connectivity index (χ0v) is 14.2. The van der Waals surface area contributed by atoms with Gasteiger partial charge in [-0.25, -0.2) is 4.39 Å². The first-order valence-corrected chi connectivity index (χ1v) is 8.70. The van der Waals surface area contributed by atoms with E-state index in [4.69, 9.17) is 14.2 Å². The van der Waals surface area contributed by atoms with E-state index in [9.17, 15) is 4.39 Å². The number of hydrogen-bond acceptors (Lipinski definition) is 6. The molecule has 0 atom stereocenters. The second-order valence-corrected chi connectivity index (χ2v) is 6.66. The molecule has 4 aromatic rings. The third-order valence-electron chi connectivity index (χ3n) is 4.03. The molecule has 0 bridgehead atoms. The van der Waals surface area contributed by atoms with Crippen LogP contribution < -0.4 is 14.2 Å². The predicted molar refractivity (Wildman–Crippen MR) is 93.2 cm³/mol. The molecule has 26 heavy (non-hydrogen) atoms. The van der Waals surface area contributed by atoms with E-state index in [1.165, 1.54) is 17.4 Å². The van der Waals surface area contributed by atoms with E-state index >= 15 is 0 Å². The van der Waals surface area contributed by atoms with Crippen molar-refractivity contribution in [2.24, 2.45) is 0 Å². The first-order valence-electron chi connectivity index (χ1n) is 7.89. The lowest BCUT2D eigenvalue weighted by atomic mass is 10.2. The fourth-order valence-electron chi connectivity index (χ4n) is 2.75. The Morgan fingerprint density at radius 1 is 1.12 bits per heavy atom. The van der Waals surface area contributed by atoms with Gasteiger partial charge in [0.15, 0.2) is 17.3 Å². The van der Waals surface area contributed by atoms with Crippen molar-refractivity contribution in [1.82, 2.24) is 14.6 Å². The van der Waals surface area contributed by atoms with Crippen LogP contribution in [0, 0.1) is 5.82 Å². The van der Waals surface area contributed by atoms with Gasteiger partial charge in [-0.15, -0.1) is 10.2 Å². The molecule has 0 spiro atoms. The molecule has 0 unspecified atom stereocenters. The summed E-state index contributed by atoms with van der Waals surface area (Å²) in [7, 11) is 0. The molecule has 8 heteroatoms. The fourth-order valence-corrected chi connectivity index (χ4v) is 3.72. The van der Waals surface area contributed by atoms with Crippen LogP contribution in [0.1, 0.15) is 5.82 Å². The van der Waals surface area contributed by atoms with Gasteiger partial charge in [-0.1, -0.05) is 29.5 Å². The van der Waals surface area contributed by atoms with E-state index in [0.717, 1.165) is 4.88 Å². The SMILES string of the molecule is Fc1ccccc1-c1cn2c(COc3ccc4c(c3)OCO4)nnc2s1. The highest BCUT2D eigenvalue weighted by Crippen LogP contribution is 2.35. The summed E-state index contributed by atoms with van der Waals surface area (Å²) in [4.78, 5) is 1.48. The molecule has 1 aliphatic rings. The van der Waals surface area contributed by atoms with E-state index in [0.29, 0.717) is 33.6 Å². The molecule has 0 radical (unpaired) electrons. The van der Waals surface area contributed by atoms with Gasteiger partial charge in [0.05, 0.1) is 4.88 Å². The van der Waals surface area contributed by atoms with E-state index in [-0.39, 0.29) is 19.2 Å².